The minimum absolute atomic E-state index is 0.150. The Morgan fingerprint density at radius 2 is 2.03 bits per heavy atom. The second kappa shape index (κ2) is 9.03. The van der Waals surface area contributed by atoms with E-state index in [1.807, 2.05) is 48.7 Å². The number of aromatic amines is 1. The number of aromatic nitrogens is 4. The highest BCUT2D eigenvalue weighted by Crippen LogP contribution is 2.27. The molecule has 0 unspecified atom stereocenters. The number of carbonyl (C=O) groups is 1. The monoisotopic (exact) mass is 461 g/mol. The smallest absolute Gasteiger partial charge is 0.263 e. The Morgan fingerprint density at radius 1 is 1.21 bits per heavy atom. The fourth-order valence-electron chi connectivity index (χ4n) is 3.83. The Labute approximate surface area is 194 Å². The highest BCUT2D eigenvalue weighted by Gasteiger charge is 2.20. The Bertz CT molecular complexity index is 1340. The maximum absolute atomic E-state index is 12.7. The number of anilines is 1. The maximum Gasteiger partial charge on any atom is 0.263 e. The van der Waals surface area contributed by atoms with Gasteiger partial charge in [-0.15, -0.1) is 11.3 Å². The van der Waals surface area contributed by atoms with Crippen molar-refractivity contribution in [3.8, 4) is 22.3 Å². The fourth-order valence-corrected chi connectivity index (χ4v) is 4.51. The SMILES string of the molecule is Cc1ccc(OCC(=O)Nc2cc(-c3cccs3)nn2-c2nc3c(c(=O)[nH]2)CCCC3)cc1. The van der Waals surface area contributed by atoms with Gasteiger partial charge in [0.05, 0.1) is 10.6 Å². The molecule has 3 aromatic heterocycles. The summed E-state index contributed by atoms with van der Waals surface area (Å²) >= 11 is 1.54. The van der Waals surface area contributed by atoms with E-state index in [-0.39, 0.29) is 18.1 Å². The number of hydrogen-bond donors (Lipinski definition) is 2. The number of amides is 1. The van der Waals surface area contributed by atoms with E-state index in [4.69, 9.17) is 4.74 Å². The predicted molar refractivity (Wildman–Crippen MR) is 127 cm³/mol. The van der Waals surface area contributed by atoms with E-state index in [9.17, 15) is 9.59 Å². The second-order valence-electron chi connectivity index (χ2n) is 7.98. The molecule has 2 N–H and O–H groups in total. The van der Waals surface area contributed by atoms with Gasteiger partial charge in [0.15, 0.2) is 6.61 Å². The van der Waals surface area contributed by atoms with Gasteiger partial charge in [0.2, 0.25) is 5.95 Å². The number of carbonyl (C=O) groups excluding carboxylic acids is 1. The summed E-state index contributed by atoms with van der Waals surface area (Å²) in [5.41, 5.74) is 3.19. The highest BCUT2D eigenvalue weighted by atomic mass is 32.1. The molecule has 0 atom stereocenters. The first-order valence-corrected chi connectivity index (χ1v) is 11.7. The molecule has 0 saturated carbocycles. The molecule has 0 spiro atoms. The van der Waals surface area contributed by atoms with Gasteiger partial charge in [-0.25, -0.2) is 4.98 Å². The number of ether oxygens (including phenoxy) is 1. The molecule has 8 nitrogen and oxygen atoms in total. The fraction of sp³-hybridized carbons (Fsp3) is 0.250. The zero-order valence-corrected chi connectivity index (χ0v) is 18.9. The van der Waals surface area contributed by atoms with Gasteiger partial charge in [-0.3, -0.25) is 14.6 Å². The van der Waals surface area contributed by atoms with Crippen LogP contribution in [-0.2, 0) is 17.6 Å². The van der Waals surface area contributed by atoms with Crippen molar-refractivity contribution >= 4 is 23.1 Å². The first kappa shape index (κ1) is 21.1. The molecule has 0 aliphatic heterocycles. The summed E-state index contributed by atoms with van der Waals surface area (Å²) in [4.78, 5) is 33.8. The molecule has 0 bridgehead atoms. The van der Waals surface area contributed by atoms with Gasteiger partial charge in [0.25, 0.3) is 11.5 Å². The van der Waals surface area contributed by atoms with Gasteiger partial charge in [-0.1, -0.05) is 23.8 Å². The van der Waals surface area contributed by atoms with Crippen molar-refractivity contribution in [3.63, 3.8) is 0 Å². The van der Waals surface area contributed by atoms with Gasteiger partial charge in [0.1, 0.15) is 17.3 Å². The van der Waals surface area contributed by atoms with Crippen molar-refractivity contribution in [2.75, 3.05) is 11.9 Å². The first-order valence-electron chi connectivity index (χ1n) is 10.8. The van der Waals surface area contributed by atoms with Crippen LogP contribution in [0.3, 0.4) is 0 Å². The number of H-pyrrole nitrogens is 1. The Hall–Kier alpha value is -3.72. The molecule has 33 heavy (non-hydrogen) atoms. The summed E-state index contributed by atoms with van der Waals surface area (Å²) in [5.74, 6) is 0.979. The van der Waals surface area contributed by atoms with Crippen LogP contribution in [0.1, 0.15) is 29.7 Å². The molecule has 3 heterocycles. The van der Waals surface area contributed by atoms with E-state index in [1.54, 1.807) is 17.4 Å². The molecule has 0 saturated heterocycles. The molecule has 1 aliphatic carbocycles. The number of nitrogens with one attached hydrogen (secondary N) is 2. The summed E-state index contributed by atoms with van der Waals surface area (Å²) in [6.45, 7) is 1.83. The van der Waals surface area contributed by atoms with Crippen molar-refractivity contribution < 1.29 is 9.53 Å². The van der Waals surface area contributed by atoms with Crippen LogP contribution in [0.25, 0.3) is 16.5 Å². The van der Waals surface area contributed by atoms with Crippen LogP contribution in [-0.4, -0.2) is 32.3 Å². The maximum atomic E-state index is 12.7. The third-order valence-electron chi connectivity index (χ3n) is 5.52. The predicted octanol–water partition coefficient (Wildman–Crippen LogP) is 3.89. The molecule has 1 amide bonds. The molecular formula is C24H23N5O3S. The number of fused-ring (bicyclic) bond motifs is 1. The van der Waals surface area contributed by atoms with E-state index >= 15 is 0 Å². The van der Waals surface area contributed by atoms with Crippen LogP contribution in [0.15, 0.2) is 52.6 Å². The van der Waals surface area contributed by atoms with Crippen molar-refractivity contribution in [2.24, 2.45) is 0 Å². The molecule has 4 aromatic rings. The lowest BCUT2D eigenvalue weighted by atomic mass is 9.97. The number of rotatable bonds is 6. The zero-order valence-electron chi connectivity index (χ0n) is 18.1. The zero-order chi connectivity index (χ0) is 22.8. The lowest BCUT2D eigenvalue weighted by Gasteiger charge is -2.15. The van der Waals surface area contributed by atoms with E-state index in [0.717, 1.165) is 47.4 Å². The second-order valence-corrected chi connectivity index (χ2v) is 8.92. The first-order chi connectivity index (χ1) is 16.1. The average molecular weight is 462 g/mol. The van der Waals surface area contributed by atoms with Crippen LogP contribution >= 0.6 is 11.3 Å². The molecule has 1 aliphatic rings. The van der Waals surface area contributed by atoms with Crippen molar-refractivity contribution in [3.05, 3.63) is 75.0 Å². The Morgan fingerprint density at radius 3 is 2.82 bits per heavy atom. The molecule has 9 heteroatoms. The Balaban J connectivity index is 1.44. The minimum Gasteiger partial charge on any atom is -0.484 e. The third-order valence-corrected chi connectivity index (χ3v) is 6.41. The molecule has 0 radical (unpaired) electrons. The number of aryl methyl sites for hydroxylation is 2. The Kier molecular flexibility index (Phi) is 5.78. The number of benzene rings is 1. The lowest BCUT2D eigenvalue weighted by Crippen LogP contribution is -2.26. The van der Waals surface area contributed by atoms with E-state index in [1.165, 1.54) is 4.68 Å². The van der Waals surface area contributed by atoms with Gasteiger partial charge in [0, 0.05) is 11.6 Å². The summed E-state index contributed by atoms with van der Waals surface area (Å²) in [6.07, 6.45) is 3.49. The van der Waals surface area contributed by atoms with Crippen LogP contribution in [0.4, 0.5) is 5.82 Å². The van der Waals surface area contributed by atoms with E-state index in [0.29, 0.717) is 23.2 Å². The minimum atomic E-state index is -0.338. The number of thiophene rings is 1. The van der Waals surface area contributed by atoms with Crippen LogP contribution in [0.5, 0.6) is 5.75 Å². The number of hydrogen-bond acceptors (Lipinski definition) is 6. The highest BCUT2D eigenvalue weighted by molar-refractivity contribution is 7.13. The normalized spacial score (nSPS) is 12.9. The van der Waals surface area contributed by atoms with Crippen LogP contribution in [0, 0.1) is 6.92 Å². The van der Waals surface area contributed by atoms with Gasteiger partial charge in [-0.2, -0.15) is 9.78 Å². The van der Waals surface area contributed by atoms with Crippen LogP contribution in [0.2, 0.25) is 0 Å². The third kappa shape index (κ3) is 4.58. The molecule has 1 aromatic carbocycles. The van der Waals surface area contributed by atoms with Gasteiger partial charge >= 0.3 is 0 Å². The summed E-state index contributed by atoms with van der Waals surface area (Å²) in [5, 5.41) is 9.44. The summed E-state index contributed by atoms with van der Waals surface area (Å²) < 4.78 is 7.08. The topological polar surface area (TPSA) is 102 Å². The largest absolute Gasteiger partial charge is 0.484 e. The lowest BCUT2D eigenvalue weighted by molar-refractivity contribution is -0.118. The van der Waals surface area contributed by atoms with E-state index in [2.05, 4.69) is 20.4 Å². The summed E-state index contributed by atoms with van der Waals surface area (Å²) in [7, 11) is 0. The van der Waals surface area contributed by atoms with Crippen molar-refractivity contribution in [2.45, 2.75) is 32.6 Å². The van der Waals surface area contributed by atoms with Crippen molar-refractivity contribution in [1.82, 2.24) is 19.7 Å². The molecule has 5 rings (SSSR count). The van der Waals surface area contributed by atoms with E-state index < -0.39 is 0 Å². The van der Waals surface area contributed by atoms with Crippen molar-refractivity contribution in [1.29, 1.82) is 0 Å². The van der Waals surface area contributed by atoms with Gasteiger partial charge < -0.3 is 10.1 Å². The quantitative estimate of drug-likeness (QED) is 0.454. The van der Waals surface area contributed by atoms with Gasteiger partial charge in [-0.05, 0) is 56.2 Å². The molecular weight excluding hydrogens is 438 g/mol. The summed E-state index contributed by atoms with van der Waals surface area (Å²) in [6, 6.07) is 13.2. The molecule has 0 fully saturated rings. The standard InChI is InChI=1S/C24H23N5O3S/c1-15-8-10-16(11-9-15)32-14-22(30)26-21-13-19(20-7-4-12-33-20)28-29(21)24-25-18-6-3-2-5-17(18)23(31)27-24/h4,7-13H,2-3,5-6,14H2,1H3,(H,26,30)(H,25,27,31). The number of nitrogens with zero attached hydrogens (tertiary/aromatic N) is 3. The average Bonchev–Trinajstić information content (AvgIpc) is 3.49. The molecule has 168 valence electrons. The van der Waals surface area contributed by atoms with Crippen LogP contribution < -0.4 is 15.6 Å².